The van der Waals surface area contributed by atoms with Gasteiger partial charge < -0.3 is 23.7 Å². The second-order valence-corrected chi connectivity index (χ2v) is 9.53. The summed E-state index contributed by atoms with van der Waals surface area (Å²) in [6.45, 7) is 8.21. The number of fused-ring (bicyclic) bond motifs is 1. The molecule has 3 heterocycles. The van der Waals surface area contributed by atoms with E-state index in [2.05, 4.69) is 17.2 Å². The van der Waals surface area contributed by atoms with Crippen molar-refractivity contribution in [2.24, 2.45) is 0 Å². The molecular weight excluding hydrogens is 450 g/mol. The third-order valence-electron chi connectivity index (χ3n) is 6.28. The summed E-state index contributed by atoms with van der Waals surface area (Å²) in [5.74, 6) is -1.26. The molecule has 0 amide bonds. The predicted octanol–water partition coefficient (Wildman–Crippen LogP) is 3.97. The monoisotopic (exact) mass is 487 g/mol. The fraction of sp³-hybridized carbons (Fsp3) is 0.654. The maximum absolute atomic E-state index is 13.2. The first kappa shape index (κ1) is 25.8. The summed E-state index contributed by atoms with van der Waals surface area (Å²) in [6, 6.07) is 8.97. The highest BCUT2D eigenvalue weighted by atomic mass is 16.8. The number of aryl methyl sites for hydroxylation is 1. The van der Waals surface area contributed by atoms with Crippen LogP contribution in [-0.4, -0.2) is 58.0 Å². The predicted molar refractivity (Wildman–Crippen MR) is 127 cm³/mol. The molecule has 2 saturated heterocycles. The first-order chi connectivity index (χ1) is 16.9. The average Bonchev–Trinajstić information content (AvgIpc) is 3.49. The van der Waals surface area contributed by atoms with Crippen LogP contribution in [0, 0.1) is 0 Å². The molecule has 1 aromatic heterocycles. The highest BCUT2D eigenvalue weighted by molar-refractivity contribution is 5.75. The van der Waals surface area contributed by atoms with Crippen molar-refractivity contribution >= 4 is 5.97 Å². The van der Waals surface area contributed by atoms with Crippen LogP contribution in [0.5, 0.6) is 0 Å². The fourth-order valence-corrected chi connectivity index (χ4v) is 4.63. The van der Waals surface area contributed by atoms with Crippen LogP contribution in [0.3, 0.4) is 0 Å². The van der Waals surface area contributed by atoms with E-state index in [1.807, 2.05) is 50.4 Å². The summed E-state index contributed by atoms with van der Waals surface area (Å²) >= 11 is 0. The van der Waals surface area contributed by atoms with Gasteiger partial charge >= 0.3 is 5.97 Å². The lowest BCUT2D eigenvalue weighted by molar-refractivity contribution is -0.226. The van der Waals surface area contributed by atoms with Crippen LogP contribution in [0.25, 0.3) is 0 Å². The molecule has 2 aliphatic rings. The highest BCUT2D eigenvalue weighted by Gasteiger charge is 2.59. The van der Waals surface area contributed by atoms with Crippen molar-refractivity contribution in [2.75, 3.05) is 6.61 Å². The molecule has 192 valence electrons. The van der Waals surface area contributed by atoms with Crippen LogP contribution in [0.15, 0.2) is 36.5 Å². The molecule has 0 radical (unpaired) electrons. The maximum atomic E-state index is 13.2. The number of unbranched alkanes of at least 4 members (excludes halogenated alkanes) is 3. The summed E-state index contributed by atoms with van der Waals surface area (Å²) in [4.78, 5) is 13.2. The Balaban J connectivity index is 1.57. The van der Waals surface area contributed by atoms with Crippen molar-refractivity contribution in [3.8, 4) is 0 Å². The van der Waals surface area contributed by atoms with Crippen molar-refractivity contribution < 1.29 is 28.5 Å². The van der Waals surface area contributed by atoms with Gasteiger partial charge in [0.05, 0.1) is 18.9 Å². The van der Waals surface area contributed by atoms with Gasteiger partial charge in [-0.05, 0) is 39.2 Å². The molecule has 1 aromatic carbocycles. The molecule has 2 aliphatic heterocycles. The summed E-state index contributed by atoms with van der Waals surface area (Å²) in [5.41, 5.74) is 1.85. The molecule has 9 heteroatoms. The molecule has 9 nitrogen and oxygen atoms in total. The largest absolute Gasteiger partial charge is 0.464 e. The van der Waals surface area contributed by atoms with Gasteiger partial charge in [0.15, 0.2) is 18.1 Å². The molecule has 0 spiro atoms. The molecule has 0 unspecified atom stereocenters. The molecule has 0 N–H and O–H groups in total. The van der Waals surface area contributed by atoms with Gasteiger partial charge in [0, 0.05) is 6.20 Å². The third kappa shape index (κ3) is 6.27. The zero-order valence-corrected chi connectivity index (χ0v) is 21.1. The Hall–Kier alpha value is -2.33. The number of rotatable bonds is 12. The van der Waals surface area contributed by atoms with Gasteiger partial charge in [-0.25, -0.2) is 9.48 Å². The Labute approximate surface area is 207 Å². The first-order valence-electron chi connectivity index (χ1n) is 12.7. The summed E-state index contributed by atoms with van der Waals surface area (Å²) in [5, 5.41) is 8.60. The van der Waals surface area contributed by atoms with Crippen molar-refractivity contribution in [3.63, 3.8) is 0 Å². The molecule has 0 bridgehead atoms. The maximum Gasteiger partial charge on any atom is 0.333 e. The lowest BCUT2D eigenvalue weighted by Gasteiger charge is -2.29. The van der Waals surface area contributed by atoms with Gasteiger partial charge in [-0.15, -0.1) is 5.10 Å². The van der Waals surface area contributed by atoms with E-state index in [4.69, 9.17) is 23.7 Å². The number of esters is 1. The van der Waals surface area contributed by atoms with Crippen molar-refractivity contribution in [3.05, 3.63) is 47.8 Å². The van der Waals surface area contributed by atoms with Gasteiger partial charge in [-0.1, -0.05) is 61.7 Å². The molecule has 2 aromatic rings. The second kappa shape index (κ2) is 11.6. The van der Waals surface area contributed by atoms with Gasteiger partial charge in [0.25, 0.3) is 0 Å². The summed E-state index contributed by atoms with van der Waals surface area (Å²) < 4.78 is 31.7. The third-order valence-corrected chi connectivity index (χ3v) is 6.28. The zero-order chi connectivity index (χ0) is 24.8. The highest BCUT2D eigenvalue weighted by Crippen LogP contribution is 2.42. The SMILES string of the molecule is CCCCCCc1cn([C@H](C(=O)OCC)[C@H]2O[C@@H]3OC(C)(C)O[C@@H]3[C@H]2OCc2ccccc2)nn1. The van der Waals surface area contributed by atoms with Crippen molar-refractivity contribution in [1.29, 1.82) is 0 Å². The first-order valence-corrected chi connectivity index (χ1v) is 12.7. The van der Waals surface area contributed by atoms with E-state index in [1.165, 1.54) is 12.8 Å². The van der Waals surface area contributed by atoms with E-state index < -0.39 is 42.4 Å². The van der Waals surface area contributed by atoms with Crippen LogP contribution in [0.1, 0.15) is 70.7 Å². The number of ether oxygens (including phenoxy) is 5. The summed E-state index contributed by atoms with van der Waals surface area (Å²) in [7, 11) is 0. The van der Waals surface area contributed by atoms with Crippen LogP contribution in [0.4, 0.5) is 0 Å². The van der Waals surface area contributed by atoms with E-state index in [0.717, 1.165) is 30.5 Å². The minimum atomic E-state index is -0.881. The lowest BCUT2D eigenvalue weighted by atomic mass is 10.0. The Morgan fingerprint density at radius 1 is 1.14 bits per heavy atom. The molecule has 4 rings (SSSR count). The number of aromatic nitrogens is 3. The Bertz CT molecular complexity index is 950. The van der Waals surface area contributed by atoms with E-state index in [1.54, 1.807) is 11.6 Å². The lowest BCUT2D eigenvalue weighted by Crippen LogP contribution is -2.44. The average molecular weight is 488 g/mol. The molecule has 35 heavy (non-hydrogen) atoms. The van der Waals surface area contributed by atoms with Crippen molar-refractivity contribution in [2.45, 2.75) is 103 Å². The molecule has 0 aliphatic carbocycles. The fourth-order valence-electron chi connectivity index (χ4n) is 4.63. The molecule has 5 atom stereocenters. The number of hydrogen-bond acceptors (Lipinski definition) is 8. The van der Waals surface area contributed by atoms with Crippen LogP contribution in [0.2, 0.25) is 0 Å². The summed E-state index contributed by atoms with van der Waals surface area (Å²) in [6.07, 6.45) is 4.69. The van der Waals surface area contributed by atoms with Crippen LogP contribution < -0.4 is 0 Å². The van der Waals surface area contributed by atoms with E-state index in [-0.39, 0.29) is 6.61 Å². The van der Waals surface area contributed by atoms with Gasteiger partial charge in [0.2, 0.25) is 0 Å². The Morgan fingerprint density at radius 2 is 1.94 bits per heavy atom. The number of nitrogens with zero attached hydrogens (tertiary/aromatic N) is 3. The van der Waals surface area contributed by atoms with Gasteiger partial charge in [0.1, 0.15) is 18.3 Å². The van der Waals surface area contributed by atoms with Gasteiger partial charge in [-0.2, -0.15) is 0 Å². The molecular formula is C26H37N3O6. The number of carbonyl (C=O) groups is 1. The minimum absolute atomic E-state index is 0.239. The van der Waals surface area contributed by atoms with E-state index in [9.17, 15) is 4.79 Å². The van der Waals surface area contributed by atoms with Crippen LogP contribution >= 0.6 is 0 Å². The number of benzene rings is 1. The zero-order valence-electron chi connectivity index (χ0n) is 21.1. The van der Waals surface area contributed by atoms with Gasteiger partial charge in [-0.3, -0.25) is 0 Å². The smallest absolute Gasteiger partial charge is 0.333 e. The normalized spacial score (nSPS) is 25.9. The Kier molecular flexibility index (Phi) is 8.54. The van der Waals surface area contributed by atoms with E-state index >= 15 is 0 Å². The van der Waals surface area contributed by atoms with Crippen LogP contribution in [-0.2, 0) is 41.5 Å². The Morgan fingerprint density at radius 3 is 2.69 bits per heavy atom. The standard InChI is InChI=1S/C26H37N3O6/c1-5-7-8-12-15-19-16-29(28-27-19)20(24(30)31-6-2)21-22(32-17-18-13-10-9-11-14-18)23-25(33-21)35-26(3,4)34-23/h9-11,13-14,16,20-23,25H,5-8,12,15,17H2,1-4H3/t20-,21+,22-,23+,25+/m0/s1. The van der Waals surface area contributed by atoms with Crippen molar-refractivity contribution in [1.82, 2.24) is 15.0 Å². The number of carbonyl (C=O) groups excluding carboxylic acids is 1. The second-order valence-electron chi connectivity index (χ2n) is 9.53. The number of hydrogen-bond donors (Lipinski definition) is 0. The topological polar surface area (TPSA) is 93.9 Å². The minimum Gasteiger partial charge on any atom is -0.464 e. The van der Waals surface area contributed by atoms with E-state index in [0.29, 0.717) is 6.61 Å². The quantitative estimate of drug-likeness (QED) is 0.328. The molecule has 0 saturated carbocycles. The molecule has 2 fully saturated rings.